The fourth-order valence-corrected chi connectivity index (χ4v) is 2.68. The monoisotopic (exact) mass is 303 g/mol. The predicted octanol–water partition coefficient (Wildman–Crippen LogP) is 1.75. The molecular weight excluding hydrogens is 282 g/mol. The maximum atomic E-state index is 12.3. The molecule has 0 atom stereocenters. The van der Waals surface area contributed by atoms with Crippen LogP contribution in [0.3, 0.4) is 0 Å². The van der Waals surface area contributed by atoms with Crippen LogP contribution < -0.4 is 15.5 Å². The Morgan fingerprint density at radius 3 is 2.91 bits per heavy atom. The summed E-state index contributed by atoms with van der Waals surface area (Å²) < 4.78 is 4.89. The minimum atomic E-state index is -0.268. The summed E-state index contributed by atoms with van der Waals surface area (Å²) in [6.07, 6.45) is 2.89. The van der Waals surface area contributed by atoms with Crippen LogP contribution in [0.4, 0.5) is 16.2 Å². The maximum absolute atomic E-state index is 12.3. The minimum Gasteiger partial charge on any atom is -0.383 e. The third kappa shape index (κ3) is 3.22. The van der Waals surface area contributed by atoms with Crippen molar-refractivity contribution < 1.29 is 14.3 Å². The highest BCUT2D eigenvalue weighted by Crippen LogP contribution is 2.37. The average Bonchev–Trinajstić information content (AvgIpc) is 3.27. The van der Waals surface area contributed by atoms with Gasteiger partial charge in [0.25, 0.3) is 0 Å². The van der Waals surface area contributed by atoms with Gasteiger partial charge in [-0.1, -0.05) is 6.07 Å². The quantitative estimate of drug-likeness (QED) is 0.814. The first kappa shape index (κ1) is 14.8. The summed E-state index contributed by atoms with van der Waals surface area (Å²) in [5.41, 5.74) is 2.80. The maximum Gasteiger partial charge on any atom is 0.319 e. The number of hydrogen-bond donors (Lipinski definition) is 2. The molecule has 1 aliphatic heterocycles. The molecule has 3 amide bonds. The number of methoxy groups -OCH3 is 1. The Balaban J connectivity index is 1.66. The molecule has 1 aliphatic carbocycles. The molecule has 6 heteroatoms. The van der Waals surface area contributed by atoms with Crippen molar-refractivity contribution >= 4 is 23.3 Å². The molecule has 118 valence electrons. The highest BCUT2D eigenvalue weighted by Gasteiger charge is 2.36. The van der Waals surface area contributed by atoms with Gasteiger partial charge in [-0.05, 0) is 37.0 Å². The molecular formula is C16H21N3O3. The van der Waals surface area contributed by atoms with E-state index in [9.17, 15) is 9.59 Å². The van der Waals surface area contributed by atoms with Crippen molar-refractivity contribution in [3.63, 3.8) is 0 Å². The van der Waals surface area contributed by atoms with Gasteiger partial charge in [0.15, 0.2) is 0 Å². The number of anilines is 2. The molecule has 1 heterocycles. The Morgan fingerprint density at radius 2 is 2.18 bits per heavy atom. The van der Waals surface area contributed by atoms with Crippen LogP contribution >= 0.6 is 0 Å². The molecule has 0 saturated heterocycles. The van der Waals surface area contributed by atoms with Gasteiger partial charge in [-0.2, -0.15) is 0 Å². The van der Waals surface area contributed by atoms with E-state index in [1.54, 1.807) is 7.11 Å². The zero-order valence-electron chi connectivity index (χ0n) is 12.7. The molecule has 0 spiro atoms. The third-order valence-electron chi connectivity index (χ3n) is 4.02. The number of ether oxygens (including phenoxy) is 1. The summed E-state index contributed by atoms with van der Waals surface area (Å²) in [7, 11) is 1.59. The normalized spacial score (nSPS) is 16.3. The van der Waals surface area contributed by atoms with Gasteiger partial charge in [-0.25, -0.2) is 4.79 Å². The number of nitrogens with one attached hydrogen (secondary N) is 2. The number of carbonyl (C=O) groups is 2. The Bertz CT molecular complexity index is 584. The Labute approximate surface area is 129 Å². The van der Waals surface area contributed by atoms with Gasteiger partial charge in [0.2, 0.25) is 5.91 Å². The van der Waals surface area contributed by atoms with Gasteiger partial charge in [-0.3, -0.25) is 4.79 Å². The van der Waals surface area contributed by atoms with Gasteiger partial charge in [-0.15, -0.1) is 0 Å². The number of fused-ring (bicyclic) bond motifs is 1. The van der Waals surface area contributed by atoms with E-state index in [-0.39, 0.29) is 17.9 Å². The van der Waals surface area contributed by atoms with E-state index in [1.807, 2.05) is 23.1 Å². The molecule has 22 heavy (non-hydrogen) atoms. The first-order valence-electron chi connectivity index (χ1n) is 7.67. The molecule has 0 radical (unpaired) electrons. The van der Waals surface area contributed by atoms with E-state index in [2.05, 4.69) is 10.6 Å². The number of hydrogen-bond acceptors (Lipinski definition) is 3. The fraction of sp³-hybridized carbons (Fsp3) is 0.500. The van der Waals surface area contributed by atoms with E-state index < -0.39 is 0 Å². The predicted molar refractivity (Wildman–Crippen MR) is 84.1 cm³/mol. The Hall–Kier alpha value is -2.08. The molecule has 1 saturated carbocycles. The molecule has 3 rings (SSSR count). The van der Waals surface area contributed by atoms with E-state index in [4.69, 9.17) is 4.74 Å². The molecule has 0 aromatic heterocycles. The number of carbonyl (C=O) groups excluding carboxylic acids is 2. The van der Waals surface area contributed by atoms with Crippen LogP contribution in [0.1, 0.15) is 18.4 Å². The van der Waals surface area contributed by atoms with Crippen molar-refractivity contribution in [3.05, 3.63) is 23.8 Å². The molecule has 2 N–H and O–H groups in total. The zero-order chi connectivity index (χ0) is 15.5. The highest BCUT2D eigenvalue weighted by molar-refractivity contribution is 5.99. The summed E-state index contributed by atoms with van der Waals surface area (Å²) in [6.45, 7) is 1.68. The number of benzene rings is 1. The number of amides is 3. The molecule has 0 bridgehead atoms. The van der Waals surface area contributed by atoms with Gasteiger partial charge in [0.05, 0.1) is 6.61 Å². The van der Waals surface area contributed by atoms with E-state index in [0.29, 0.717) is 18.8 Å². The lowest BCUT2D eigenvalue weighted by molar-refractivity contribution is -0.119. The summed E-state index contributed by atoms with van der Waals surface area (Å²) >= 11 is 0. The molecule has 1 aromatic rings. The van der Waals surface area contributed by atoms with Crippen LogP contribution in [-0.2, 0) is 16.0 Å². The second-order valence-corrected chi connectivity index (χ2v) is 5.73. The van der Waals surface area contributed by atoms with Crippen LogP contribution in [-0.4, -0.2) is 38.7 Å². The van der Waals surface area contributed by atoms with Crippen molar-refractivity contribution in [1.29, 1.82) is 0 Å². The van der Waals surface area contributed by atoms with Crippen molar-refractivity contribution in [2.75, 3.05) is 37.0 Å². The van der Waals surface area contributed by atoms with E-state index >= 15 is 0 Å². The van der Waals surface area contributed by atoms with Crippen LogP contribution in [0.2, 0.25) is 0 Å². The Kier molecular flexibility index (Phi) is 4.29. The molecule has 2 aliphatic rings. The largest absolute Gasteiger partial charge is 0.383 e. The number of rotatable bonds is 5. The van der Waals surface area contributed by atoms with Gasteiger partial charge < -0.3 is 20.3 Å². The summed E-state index contributed by atoms with van der Waals surface area (Å²) in [6, 6.07) is 5.48. The van der Waals surface area contributed by atoms with Crippen molar-refractivity contribution in [3.8, 4) is 0 Å². The van der Waals surface area contributed by atoms with Crippen LogP contribution in [0.5, 0.6) is 0 Å². The number of urea groups is 1. The van der Waals surface area contributed by atoms with E-state index in [0.717, 1.165) is 31.5 Å². The standard InChI is InChI=1S/C16H21N3O3/c1-22-9-7-17-16(21)18-13-5-4-11-6-8-19(14(11)10-13)15(20)12-2-3-12/h4-5,10,12H,2-3,6-9H2,1H3,(H2,17,18,21). The van der Waals surface area contributed by atoms with Gasteiger partial charge in [0.1, 0.15) is 0 Å². The summed E-state index contributed by atoms with van der Waals surface area (Å²) in [5.74, 6) is 0.431. The molecule has 1 fully saturated rings. The minimum absolute atomic E-state index is 0.208. The van der Waals surface area contributed by atoms with Gasteiger partial charge in [0, 0.05) is 37.5 Å². The SMILES string of the molecule is COCCNC(=O)Nc1ccc2c(c1)N(C(=O)C1CC1)CC2. The zero-order valence-corrected chi connectivity index (χ0v) is 12.7. The Morgan fingerprint density at radius 1 is 1.36 bits per heavy atom. The van der Waals surface area contributed by atoms with Crippen molar-refractivity contribution in [2.45, 2.75) is 19.3 Å². The first-order valence-corrected chi connectivity index (χ1v) is 7.67. The van der Waals surface area contributed by atoms with E-state index in [1.165, 1.54) is 5.56 Å². The average molecular weight is 303 g/mol. The smallest absolute Gasteiger partial charge is 0.319 e. The molecule has 1 aromatic carbocycles. The summed E-state index contributed by atoms with van der Waals surface area (Å²) in [4.78, 5) is 25.9. The second kappa shape index (κ2) is 6.36. The first-order chi connectivity index (χ1) is 10.7. The van der Waals surface area contributed by atoms with Crippen LogP contribution in [0.15, 0.2) is 18.2 Å². The van der Waals surface area contributed by atoms with Gasteiger partial charge >= 0.3 is 6.03 Å². The van der Waals surface area contributed by atoms with Crippen LogP contribution in [0.25, 0.3) is 0 Å². The third-order valence-corrected chi connectivity index (χ3v) is 4.02. The fourth-order valence-electron chi connectivity index (χ4n) is 2.68. The lowest BCUT2D eigenvalue weighted by Crippen LogP contribution is -2.32. The van der Waals surface area contributed by atoms with Crippen molar-refractivity contribution in [1.82, 2.24) is 5.32 Å². The highest BCUT2D eigenvalue weighted by atomic mass is 16.5. The number of nitrogens with zero attached hydrogens (tertiary/aromatic N) is 1. The second-order valence-electron chi connectivity index (χ2n) is 5.73. The van der Waals surface area contributed by atoms with Crippen LogP contribution in [0, 0.1) is 5.92 Å². The lowest BCUT2D eigenvalue weighted by atomic mass is 10.1. The topological polar surface area (TPSA) is 70.7 Å². The molecule has 6 nitrogen and oxygen atoms in total. The van der Waals surface area contributed by atoms with Crippen molar-refractivity contribution in [2.24, 2.45) is 5.92 Å². The molecule has 0 unspecified atom stereocenters. The lowest BCUT2D eigenvalue weighted by Gasteiger charge is -2.18. The summed E-state index contributed by atoms with van der Waals surface area (Å²) in [5, 5.41) is 5.50.